The molecule has 0 fully saturated rings. The van der Waals surface area contributed by atoms with Gasteiger partial charge in [-0.25, -0.2) is 26.9 Å². The number of nitrogens with one attached hydrogen (secondary N) is 2. The molecule has 0 radical (unpaired) electrons. The molecule has 0 saturated heterocycles. The van der Waals surface area contributed by atoms with Gasteiger partial charge in [0.2, 0.25) is 5.88 Å². The lowest BCUT2D eigenvalue weighted by atomic mass is 10.1. The van der Waals surface area contributed by atoms with Crippen LogP contribution in [0.4, 0.5) is 14.9 Å². The topological polar surface area (TPSA) is 118 Å². The number of aromatic hydroxyl groups is 1. The van der Waals surface area contributed by atoms with Crippen molar-refractivity contribution in [3.8, 4) is 11.6 Å². The smallest absolute Gasteiger partial charge is 0.333 e. The summed E-state index contributed by atoms with van der Waals surface area (Å²) in [6, 6.07) is 11.0. The summed E-state index contributed by atoms with van der Waals surface area (Å²) < 4.78 is 42.5. The predicted molar refractivity (Wildman–Crippen MR) is 128 cm³/mol. The average Bonchev–Trinajstić information content (AvgIpc) is 3.17. The van der Waals surface area contributed by atoms with Crippen molar-refractivity contribution in [2.75, 3.05) is 5.32 Å². The third-order valence-corrected chi connectivity index (χ3v) is 8.00. The van der Waals surface area contributed by atoms with Crippen molar-refractivity contribution in [2.45, 2.75) is 4.21 Å². The predicted octanol–water partition coefficient (Wildman–Crippen LogP) is 4.82. The van der Waals surface area contributed by atoms with Crippen molar-refractivity contribution in [3.05, 3.63) is 79.6 Å². The quantitative estimate of drug-likeness (QED) is 0.324. The van der Waals surface area contributed by atoms with E-state index in [4.69, 9.17) is 11.6 Å². The highest BCUT2D eigenvalue weighted by molar-refractivity contribution is 9.10. The Bertz CT molecular complexity index is 1590. The van der Waals surface area contributed by atoms with Gasteiger partial charge in [0.25, 0.3) is 15.6 Å². The van der Waals surface area contributed by atoms with Gasteiger partial charge < -0.3 is 10.4 Å². The van der Waals surface area contributed by atoms with Crippen molar-refractivity contribution in [3.63, 3.8) is 0 Å². The Morgan fingerprint density at radius 2 is 1.88 bits per heavy atom. The standard InChI is InChI=1S/C20H12BrClFN3O5S2/c21-11-2-1-10-7-17(27)26(19(28)13(10)8-11)15-4-3-12(9-14(15)23)24-20(29)25-33(30,31)18-6-5-16(22)32-18/h1-9,28H,(H2,24,25,29). The van der Waals surface area contributed by atoms with Crippen LogP contribution in [-0.4, -0.2) is 24.1 Å². The lowest BCUT2D eigenvalue weighted by molar-refractivity contribution is 0.256. The van der Waals surface area contributed by atoms with Gasteiger partial charge in [-0.2, -0.15) is 0 Å². The van der Waals surface area contributed by atoms with E-state index in [1.165, 1.54) is 30.3 Å². The zero-order valence-electron chi connectivity index (χ0n) is 16.2. The van der Waals surface area contributed by atoms with Crippen LogP contribution in [0.15, 0.2) is 68.1 Å². The van der Waals surface area contributed by atoms with Crippen LogP contribution in [0.5, 0.6) is 5.88 Å². The molecule has 8 nitrogen and oxygen atoms in total. The van der Waals surface area contributed by atoms with E-state index in [-0.39, 0.29) is 19.9 Å². The molecule has 2 aromatic heterocycles. The number of amides is 2. The van der Waals surface area contributed by atoms with Crippen molar-refractivity contribution in [1.82, 2.24) is 9.29 Å². The zero-order chi connectivity index (χ0) is 23.9. The number of halogens is 3. The normalized spacial score (nSPS) is 11.5. The largest absolute Gasteiger partial charge is 0.494 e. The Kier molecular flexibility index (Phi) is 6.18. The van der Waals surface area contributed by atoms with Gasteiger partial charge in [0, 0.05) is 21.6 Å². The fourth-order valence-corrected chi connectivity index (χ4v) is 5.79. The van der Waals surface area contributed by atoms with E-state index in [0.717, 1.165) is 22.0 Å². The number of anilines is 1. The van der Waals surface area contributed by atoms with Crippen molar-refractivity contribution in [1.29, 1.82) is 0 Å². The summed E-state index contributed by atoms with van der Waals surface area (Å²) in [6.07, 6.45) is 0. The first-order valence-corrected chi connectivity index (χ1v) is 12.5. The molecular weight excluding hydrogens is 561 g/mol. The van der Waals surface area contributed by atoms with E-state index in [2.05, 4.69) is 21.2 Å². The van der Waals surface area contributed by atoms with Crippen LogP contribution < -0.4 is 15.6 Å². The summed E-state index contributed by atoms with van der Waals surface area (Å²) in [5, 5.41) is 13.6. The summed E-state index contributed by atoms with van der Waals surface area (Å²) in [7, 11) is -4.16. The maximum atomic E-state index is 14.8. The molecule has 4 aromatic rings. The van der Waals surface area contributed by atoms with Gasteiger partial charge in [-0.15, -0.1) is 11.3 Å². The molecule has 2 heterocycles. The van der Waals surface area contributed by atoms with Gasteiger partial charge in [-0.1, -0.05) is 33.6 Å². The summed E-state index contributed by atoms with van der Waals surface area (Å²) >= 11 is 9.76. The number of rotatable bonds is 4. The molecule has 13 heteroatoms. The second kappa shape index (κ2) is 8.78. The summed E-state index contributed by atoms with van der Waals surface area (Å²) in [5.41, 5.74) is -1.00. The van der Waals surface area contributed by atoms with Crippen LogP contribution in [0, 0.1) is 5.82 Å². The molecular formula is C20H12BrClFN3O5S2. The van der Waals surface area contributed by atoms with Crippen molar-refractivity contribution < 1.29 is 22.7 Å². The Labute approximate surface area is 203 Å². The molecule has 170 valence electrons. The average molecular weight is 573 g/mol. The number of hydrogen-bond donors (Lipinski definition) is 3. The number of thiophene rings is 1. The number of hydrogen-bond acceptors (Lipinski definition) is 6. The first-order valence-electron chi connectivity index (χ1n) is 8.98. The highest BCUT2D eigenvalue weighted by Crippen LogP contribution is 2.29. The number of carbonyl (C=O) groups is 1. The molecule has 0 aliphatic carbocycles. The van der Waals surface area contributed by atoms with Crippen LogP contribution in [0.2, 0.25) is 4.34 Å². The van der Waals surface area contributed by atoms with E-state index in [1.54, 1.807) is 22.9 Å². The molecule has 2 amide bonds. The highest BCUT2D eigenvalue weighted by atomic mass is 79.9. The molecule has 0 aliphatic heterocycles. The van der Waals surface area contributed by atoms with Crippen LogP contribution in [-0.2, 0) is 10.0 Å². The SMILES string of the molecule is O=C(Nc1ccc(-n2c(O)c3cc(Br)ccc3cc2=O)c(F)c1)NS(=O)(=O)c1ccc(Cl)s1. The zero-order valence-corrected chi connectivity index (χ0v) is 20.1. The van der Waals surface area contributed by atoms with Gasteiger partial charge in [0.05, 0.1) is 10.0 Å². The number of benzene rings is 2. The first kappa shape index (κ1) is 23.2. The molecule has 0 saturated carbocycles. The Morgan fingerprint density at radius 1 is 1.12 bits per heavy atom. The molecule has 0 bridgehead atoms. The molecule has 0 unspecified atom stereocenters. The Balaban J connectivity index is 1.62. The highest BCUT2D eigenvalue weighted by Gasteiger charge is 2.20. The minimum Gasteiger partial charge on any atom is -0.494 e. The molecule has 0 aliphatic rings. The minimum absolute atomic E-state index is 0.0794. The van der Waals surface area contributed by atoms with E-state index in [0.29, 0.717) is 15.2 Å². The molecule has 0 spiro atoms. The molecule has 2 aromatic carbocycles. The first-order chi connectivity index (χ1) is 15.5. The van der Waals surface area contributed by atoms with Crippen LogP contribution in [0.3, 0.4) is 0 Å². The van der Waals surface area contributed by atoms with Gasteiger partial charge in [0.15, 0.2) is 0 Å². The third kappa shape index (κ3) is 4.74. The lowest BCUT2D eigenvalue weighted by Gasteiger charge is -2.13. The number of sulfonamides is 1. The molecule has 0 atom stereocenters. The van der Waals surface area contributed by atoms with Gasteiger partial charge in [-0.05, 0) is 47.9 Å². The third-order valence-electron chi connectivity index (χ3n) is 4.45. The Morgan fingerprint density at radius 3 is 2.55 bits per heavy atom. The van der Waals surface area contributed by atoms with E-state index in [1.807, 2.05) is 0 Å². The van der Waals surface area contributed by atoms with Crippen LogP contribution in [0.25, 0.3) is 16.5 Å². The Hall–Kier alpha value is -2.93. The van der Waals surface area contributed by atoms with Crippen LogP contribution in [0.1, 0.15) is 0 Å². The van der Waals surface area contributed by atoms with E-state index in [9.17, 15) is 27.5 Å². The minimum atomic E-state index is -4.16. The summed E-state index contributed by atoms with van der Waals surface area (Å²) in [6.45, 7) is 0. The maximum absolute atomic E-state index is 14.8. The number of fused-ring (bicyclic) bond motifs is 1. The maximum Gasteiger partial charge on any atom is 0.333 e. The summed E-state index contributed by atoms with van der Waals surface area (Å²) in [5.74, 6) is -1.40. The number of nitrogens with zero attached hydrogens (tertiary/aromatic N) is 1. The number of pyridine rings is 1. The summed E-state index contributed by atoms with van der Waals surface area (Å²) in [4.78, 5) is 24.6. The van der Waals surface area contributed by atoms with Gasteiger partial charge >= 0.3 is 6.03 Å². The number of urea groups is 1. The van der Waals surface area contributed by atoms with Crippen LogP contribution >= 0.6 is 38.9 Å². The second-order valence-electron chi connectivity index (χ2n) is 6.66. The second-order valence-corrected chi connectivity index (χ2v) is 11.2. The van der Waals surface area contributed by atoms with Crippen molar-refractivity contribution >= 4 is 71.4 Å². The fraction of sp³-hybridized carbons (Fsp3) is 0. The lowest BCUT2D eigenvalue weighted by Crippen LogP contribution is -2.34. The molecule has 33 heavy (non-hydrogen) atoms. The fourth-order valence-electron chi connectivity index (χ4n) is 3.04. The number of aromatic nitrogens is 1. The van der Waals surface area contributed by atoms with E-state index >= 15 is 0 Å². The molecule has 3 N–H and O–H groups in total. The monoisotopic (exact) mass is 571 g/mol. The van der Waals surface area contributed by atoms with Gasteiger partial charge in [-0.3, -0.25) is 4.79 Å². The van der Waals surface area contributed by atoms with Gasteiger partial charge in [0.1, 0.15) is 10.0 Å². The molecule has 4 rings (SSSR count). The van der Waals surface area contributed by atoms with Crippen molar-refractivity contribution in [2.24, 2.45) is 0 Å². The number of carbonyl (C=O) groups excluding carboxylic acids is 1. The van der Waals surface area contributed by atoms with E-state index < -0.39 is 33.3 Å².